The lowest BCUT2D eigenvalue weighted by Crippen LogP contribution is -2.32. The predicted octanol–water partition coefficient (Wildman–Crippen LogP) is 5.16. The molecule has 0 radical (unpaired) electrons. The number of amides is 2. The van der Waals surface area contributed by atoms with E-state index in [0.29, 0.717) is 23.6 Å². The molecule has 1 aliphatic rings. The third-order valence-electron chi connectivity index (χ3n) is 5.79. The molecule has 0 aliphatic carbocycles. The van der Waals surface area contributed by atoms with E-state index in [1.165, 1.54) is 4.90 Å². The topological polar surface area (TPSA) is 61.9 Å². The summed E-state index contributed by atoms with van der Waals surface area (Å²) < 4.78 is 5.52. The van der Waals surface area contributed by atoms with Crippen LogP contribution in [0.3, 0.4) is 0 Å². The molecule has 3 aromatic rings. The van der Waals surface area contributed by atoms with E-state index in [1.807, 2.05) is 94.4 Å². The first-order valence-electron chi connectivity index (χ1n) is 11.3. The second-order valence-corrected chi connectivity index (χ2v) is 8.51. The van der Waals surface area contributed by atoms with Gasteiger partial charge in [0, 0.05) is 25.5 Å². The number of carbonyl (C=O) groups is 2. The molecular formula is C28H29N3O3. The Morgan fingerprint density at radius 2 is 1.56 bits per heavy atom. The maximum atomic E-state index is 13.7. The molecule has 34 heavy (non-hydrogen) atoms. The molecule has 174 valence electrons. The second kappa shape index (κ2) is 9.43. The number of hydrogen-bond acceptors (Lipinski definition) is 5. The zero-order valence-electron chi connectivity index (χ0n) is 20.2. The lowest BCUT2D eigenvalue weighted by atomic mass is 9.97. The molecule has 0 aromatic heterocycles. The third kappa shape index (κ3) is 4.39. The Morgan fingerprint density at radius 1 is 0.882 bits per heavy atom. The summed E-state index contributed by atoms with van der Waals surface area (Å²) in [6.45, 7) is 6.46. The van der Waals surface area contributed by atoms with Gasteiger partial charge in [0.2, 0.25) is 0 Å². The highest BCUT2D eigenvalue weighted by molar-refractivity contribution is 6.46. The first kappa shape index (κ1) is 23.1. The van der Waals surface area contributed by atoms with Gasteiger partial charge in [0.15, 0.2) is 0 Å². The van der Waals surface area contributed by atoms with Crippen LogP contribution in [-0.4, -0.2) is 32.5 Å². The van der Waals surface area contributed by atoms with Crippen LogP contribution in [0.15, 0.2) is 72.4 Å². The van der Waals surface area contributed by atoms with Gasteiger partial charge in [-0.15, -0.1) is 0 Å². The summed E-state index contributed by atoms with van der Waals surface area (Å²) in [6, 6.07) is 20.6. The largest absolute Gasteiger partial charge is 0.494 e. The van der Waals surface area contributed by atoms with E-state index in [2.05, 4.69) is 5.32 Å². The van der Waals surface area contributed by atoms with Gasteiger partial charge in [-0.1, -0.05) is 23.8 Å². The van der Waals surface area contributed by atoms with E-state index in [1.54, 1.807) is 12.1 Å². The molecule has 0 unspecified atom stereocenters. The highest BCUT2D eigenvalue weighted by Gasteiger charge is 2.40. The molecule has 6 heteroatoms. The van der Waals surface area contributed by atoms with E-state index in [4.69, 9.17) is 4.74 Å². The van der Waals surface area contributed by atoms with Crippen molar-refractivity contribution in [2.75, 3.05) is 35.8 Å². The fraction of sp³-hybridized carbons (Fsp3) is 0.214. The van der Waals surface area contributed by atoms with Gasteiger partial charge in [-0.25, -0.2) is 4.90 Å². The molecule has 0 saturated carbocycles. The zero-order valence-corrected chi connectivity index (χ0v) is 20.2. The normalized spacial score (nSPS) is 13.5. The molecule has 1 heterocycles. The minimum atomic E-state index is -0.383. The minimum absolute atomic E-state index is 0.262. The molecule has 1 N–H and O–H groups in total. The van der Waals surface area contributed by atoms with Crippen LogP contribution in [0.1, 0.15) is 23.6 Å². The molecular weight excluding hydrogens is 426 g/mol. The Hall–Kier alpha value is -4.06. The van der Waals surface area contributed by atoms with Crippen molar-refractivity contribution in [1.29, 1.82) is 0 Å². The van der Waals surface area contributed by atoms with Crippen LogP contribution in [0, 0.1) is 13.8 Å². The average Bonchev–Trinajstić information content (AvgIpc) is 3.05. The summed E-state index contributed by atoms with van der Waals surface area (Å²) >= 11 is 0. The zero-order chi connectivity index (χ0) is 24.4. The van der Waals surface area contributed by atoms with Crippen LogP contribution in [0.2, 0.25) is 0 Å². The van der Waals surface area contributed by atoms with Crippen LogP contribution in [-0.2, 0) is 9.59 Å². The Kier molecular flexibility index (Phi) is 6.41. The van der Waals surface area contributed by atoms with Crippen molar-refractivity contribution in [1.82, 2.24) is 0 Å². The Balaban J connectivity index is 1.77. The summed E-state index contributed by atoms with van der Waals surface area (Å²) in [5.74, 6) is 0.0162. The van der Waals surface area contributed by atoms with Crippen LogP contribution in [0.5, 0.6) is 5.75 Å². The molecule has 2 amide bonds. The summed E-state index contributed by atoms with van der Waals surface area (Å²) in [4.78, 5) is 30.5. The van der Waals surface area contributed by atoms with E-state index in [-0.39, 0.29) is 17.5 Å². The number of anilines is 3. The average molecular weight is 456 g/mol. The molecule has 0 fully saturated rings. The van der Waals surface area contributed by atoms with Gasteiger partial charge in [-0.3, -0.25) is 9.59 Å². The van der Waals surface area contributed by atoms with Crippen LogP contribution >= 0.6 is 0 Å². The molecule has 1 aliphatic heterocycles. The number of aryl methyl sites for hydroxylation is 2. The molecule has 4 rings (SSSR count). The third-order valence-corrected chi connectivity index (χ3v) is 5.79. The van der Waals surface area contributed by atoms with Gasteiger partial charge >= 0.3 is 0 Å². The predicted molar refractivity (Wildman–Crippen MR) is 137 cm³/mol. The fourth-order valence-corrected chi connectivity index (χ4v) is 4.07. The number of imide groups is 1. The first-order chi connectivity index (χ1) is 16.3. The van der Waals surface area contributed by atoms with Crippen molar-refractivity contribution in [3.8, 4) is 5.75 Å². The number of nitrogens with one attached hydrogen (secondary N) is 1. The fourth-order valence-electron chi connectivity index (χ4n) is 4.07. The summed E-state index contributed by atoms with van der Waals surface area (Å²) in [5, 5.41) is 3.21. The lowest BCUT2D eigenvalue weighted by Gasteiger charge is -2.18. The van der Waals surface area contributed by atoms with Crippen molar-refractivity contribution in [2.24, 2.45) is 0 Å². The number of hydrogen-bond donors (Lipinski definition) is 1. The van der Waals surface area contributed by atoms with Gasteiger partial charge in [-0.2, -0.15) is 0 Å². The number of carbonyl (C=O) groups excluding carboxylic acids is 2. The van der Waals surface area contributed by atoms with E-state index < -0.39 is 0 Å². The Bertz CT molecular complexity index is 1260. The van der Waals surface area contributed by atoms with E-state index in [0.717, 1.165) is 28.1 Å². The Labute approximate surface area is 200 Å². The molecule has 0 spiro atoms. The lowest BCUT2D eigenvalue weighted by molar-refractivity contribution is -0.120. The highest BCUT2D eigenvalue weighted by Crippen LogP contribution is 2.36. The summed E-state index contributed by atoms with van der Waals surface area (Å²) in [6.07, 6.45) is 0. The summed E-state index contributed by atoms with van der Waals surface area (Å²) in [5.41, 5.74) is 5.62. The molecule has 6 nitrogen and oxygen atoms in total. The second-order valence-electron chi connectivity index (χ2n) is 8.51. The maximum absolute atomic E-state index is 13.7. The molecule has 0 atom stereocenters. The SMILES string of the molecule is CCOc1ccc(NC2=C(c3ccc(C)cc3C)C(=O)N(c3ccc(N(C)C)cc3)C2=O)cc1. The minimum Gasteiger partial charge on any atom is -0.494 e. The quantitative estimate of drug-likeness (QED) is 0.499. The van der Waals surface area contributed by atoms with Crippen molar-refractivity contribution >= 4 is 34.4 Å². The first-order valence-corrected chi connectivity index (χ1v) is 11.3. The van der Waals surface area contributed by atoms with Gasteiger partial charge in [0.25, 0.3) is 11.8 Å². The van der Waals surface area contributed by atoms with Gasteiger partial charge < -0.3 is 15.0 Å². The monoisotopic (exact) mass is 455 g/mol. The number of rotatable bonds is 7. The van der Waals surface area contributed by atoms with Crippen molar-refractivity contribution in [2.45, 2.75) is 20.8 Å². The molecule has 3 aromatic carbocycles. The number of nitrogens with zero attached hydrogens (tertiary/aromatic N) is 2. The van der Waals surface area contributed by atoms with Crippen LogP contribution < -0.4 is 19.9 Å². The van der Waals surface area contributed by atoms with Crippen molar-refractivity contribution in [3.05, 3.63) is 89.1 Å². The van der Waals surface area contributed by atoms with Crippen LogP contribution in [0.25, 0.3) is 5.57 Å². The maximum Gasteiger partial charge on any atom is 0.282 e. The number of ether oxygens (including phenoxy) is 1. The van der Waals surface area contributed by atoms with Crippen LogP contribution in [0.4, 0.5) is 17.1 Å². The number of benzene rings is 3. The molecule has 0 saturated heterocycles. The Morgan fingerprint density at radius 3 is 2.15 bits per heavy atom. The van der Waals surface area contributed by atoms with Crippen molar-refractivity contribution in [3.63, 3.8) is 0 Å². The van der Waals surface area contributed by atoms with Gasteiger partial charge in [-0.05, 0) is 80.4 Å². The van der Waals surface area contributed by atoms with Gasteiger partial charge in [0.1, 0.15) is 11.4 Å². The van der Waals surface area contributed by atoms with Crippen molar-refractivity contribution < 1.29 is 14.3 Å². The smallest absolute Gasteiger partial charge is 0.282 e. The van der Waals surface area contributed by atoms with E-state index in [9.17, 15) is 9.59 Å². The van der Waals surface area contributed by atoms with Gasteiger partial charge in [0.05, 0.1) is 17.9 Å². The van der Waals surface area contributed by atoms with E-state index >= 15 is 0 Å². The highest BCUT2D eigenvalue weighted by atomic mass is 16.5. The summed E-state index contributed by atoms with van der Waals surface area (Å²) in [7, 11) is 3.89. The molecule has 0 bridgehead atoms. The standard InChI is InChI=1S/C28H29N3O3/c1-6-34-23-14-8-20(9-15-23)29-26-25(24-16-7-18(2)17-19(24)3)27(32)31(28(26)33)22-12-10-21(11-13-22)30(4)5/h7-17,29H,6H2,1-5H3.